The van der Waals surface area contributed by atoms with Crippen LogP contribution in [-0.2, 0) is 23.9 Å². The molecule has 0 aliphatic carbocycles. The molecule has 0 saturated carbocycles. The molecule has 5 aromatic rings. The third-order valence-corrected chi connectivity index (χ3v) is 14.1. The van der Waals surface area contributed by atoms with E-state index in [2.05, 4.69) is 51.1 Å². The van der Waals surface area contributed by atoms with Gasteiger partial charge in [-0.3, -0.25) is 4.79 Å². The van der Waals surface area contributed by atoms with Gasteiger partial charge in [-0.15, -0.1) is 0 Å². The van der Waals surface area contributed by atoms with Crippen LogP contribution in [0.3, 0.4) is 0 Å². The van der Waals surface area contributed by atoms with E-state index in [-0.39, 0.29) is 29.2 Å². The summed E-state index contributed by atoms with van der Waals surface area (Å²) < 4.78 is 47.9. The summed E-state index contributed by atoms with van der Waals surface area (Å²) in [6.07, 6.45) is 0.0606. The second-order valence-corrected chi connectivity index (χ2v) is 19.6. The van der Waals surface area contributed by atoms with Crippen molar-refractivity contribution >= 4 is 19.2 Å². The lowest BCUT2D eigenvalue weighted by molar-refractivity contribution is -0.0400. The number of nitrogens with one attached hydrogen (secondary N) is 2. The van der Waals surface area contributed by atoms with Crippen molar-refractivity contribution in [1.29, 1.82) is 0 Å². The van der Waals surface area contributed by atoms with Crippen LogP contribution in [-0.4, -0.2) is 38.4 Å². The Labute approximate surface area is 301 Å². The monoisotopic (exact) mass is 712 g/mol. The number of aromatic amines is 1. The van der Waals surface area contributed by atoms with Crippen molar-refractivity contribution in [2.24, 2.45) is 0 Å². The summed E-state index contributed by atoms with van der Waals surface area (Å²) in [5.74, 6) is -1.96. The molecular formula is C42H50F2N2O4Si. The largest absolute Gasteiger partial charge is 0.487 e. The van der Waals surface area contributed by atoms with E-state index in [4.69, 9.17) is 13.9 Å². The average Bonchev–Trinajstić information content (AvgIpc) is 3.09. The highest BCUT2D eigenvalue weighted by Crippen LogP contribution is 2.41. The highest BCUT2D eigenvalue weighted by Gasteiger charge is 2.40. The number of alkyl halides is 2. The van der Waals surface area contributed by atoms with Crippen molar-refractivity contribution in [1.82, 2.24) is 10.3 Å². The molecule has 51 heavy (non-hydrogen) atoms. The van der Waals surface area contributed by atoms with Gasteiger partial charge in [-0.1, -0.05) is 99.6 Å². The number of fused-ring (bicyclic) bond motifs is 1. The van der Waals surface area contributed by atoms with Crippen molar-refractivity contribution in [2.75, 3.05) is 13.2 Å². The van der Waals surface area contributed by atoms with Gasteiger partial charge in [0, 0.05) is 30.5 Å². The second-order valence-electron chi connectivity index (χ2n) is 14.9. The zero-order valence-corrected chi connectivity index (χ0v) is 31.5. The first-order valence-corrected chi connectivity index (χ1v) is 20.5. The van der Waals surface area contributed by atoms with Crippen molar-refractivity contribution in [3.63, 3.8) is 0 Å². The Balaban J connectivity index is 1.28. The van der Waals surface area contributed by atoms with Gasteiger partial charge in [0.05, 0.1) is 11.6 Å². The summed E-state index contributed by atoms with van der Waals surface area (Å²) in [6.45, 7) is 13.5. The number of hydrogen-bond donors (Lipinski definition) is 2. The molecule has 5 rings (SSSR count). The molecule has 4 aromatic carbocycles. The van der Waals surface area contributed by atoms with Gasteiger partial charge in [0.25, 0.3) is 5.92 Å². The normalized spacial score (nSPS) is 13.6. The van der Waals surface area contributed by atoms with Crippen LogP contribution in [0.4, 0.5) is 8.78 Å². The maximum Gasteiger partial charge on any atom is 0.285 e. The number of benzene rings is 4. The topological polar surface area (TPSA) is 72.6 Å². The summed E-state index contributed by atoms with van der Waals surface area (Å²) in [5, 5.41) is 4.55. The molecule has 0 radical (unpaired) electrons. The summed E-state index contributed by atoms with van der Waals surface area (Å²) in [5.41, 5.74) is 4.09. The first-order chi connectivity index (χ1) is 24.2. The molecule has 1 aromatic heterocycles. The van der Waals surface area contributed by atoms with Gasteiger partial charge in [-0.2, -0.15) is 0 Å². The number of ether oxygens (including phenoxy) is 2. The van der Waals surface area contributed by atoms with Crippen LogP contribution in [0.15, 0.2) is 114 Å². The van der Waals surface area contributed by atoms with E-state index in [1.165, 1.54) is 0 Å². The zero-order chi connectivity index (χ0) is 36.6. The quantitative estimate of drug-likeness (QED) is 0.0998. The predicted molar refractivity (Wildman–Crippen MR) is 205 cm³/mol. The Bertz CT molecular complexity index is 1910. The van der Waals surface area contributed by atoms with Gasteiger partial charge in [0.15, 0.2) is 14.9 Å². The van der Waals surface area contributed by atoms with Gasteiger partial charge in [0.1, 0.15) is 18.1 Å². The number of pyridine rings is 1. The Hall–Kier alpha value is -4.31. The fourth-order valence-corrected chi connectivity index (χ4v) is 7.00. The molecule has 2 atom stereocenters. The van der Waals surface area contributed by atoms with E-state index in [1.54, 1.807) is 42.5 Å². The van der Waals surface area contributed by atoms with E-state index < -0.39 is 20.8 Å². The van der Waals surface area contributed by atoms with Gasteiger partial charge in [-0.25, -0.2) is 8.78 Å². The number of hydrogen-bond acceptors (Lipinski definition) is 5. The molecule has 0 aliphatic heterocycles. The average molecular weight is 713 g/mol. The lowest BCUT2D eigenvalue weighted by atomic mass is 10.0. The Morgan fingerprint density at radius 2 is 1.43 bits per heavy atom. The standard InChI is InChI=1S/C42H50F2N2O4Si/c1-30(25-31-17-19-34(20-18-31)49-29-42(43,44)26-32-13-9-7-10-14-32)45-27-38(50-51(5,6)41(2,3)4)35-21-23-37(40-36(35)22-24-39(47)46-40)48-28-33-15-11-8-12-16-33/h7-24,30,38,45H,25-29H2,1-6H3,(H,46,47)/t30-,38+/m1/s1. The molecule has 2 N–H and O–H groups in total. The van der Waals surface area contributed by atoms with E-state index in [9.17, 15) is 13.6 Å². The summed E-state index contributed by atoms with van der Waals surface area (Å²) in [4.78, 5) is 15.5. The lowest BCUT2D eigenvalue weighted by Gasteiger charge is -2.40. The Morgan fingerprint density at radius 3 is 2.08 bits per heavy atom. The molecular weight excluding hydrogens is 663 g/mol. The van der Waals surface area contributed by atoms with Crippen LogP contribution >= 0.6 is 0 Å². The fourth-order valence-electron chi connectivity index (χ4n) is 5.72. The minimum atomic E-state index is -2.97. The third kappa shape index (κ3) is 10.6. The summed E-state index contributed by atoms with van der Waals surface area (Å²) >= 11 is 0. The molecule has 0 unspecified atom stereocenters. The minimum absolute atomic E-state index is 0.0188. The maximum absolute atomic E-state index is 14.5. The van der Waals surface area contributed by atoms with Crippen molar-refractivity contribution in [2.45, 2.75) is 83.3 Å². The first kappa shape index (κ1) is 37.9. The number of aromatic nitrogens is 1. The van der Waals surface area contributed by atoms with Crippen LogP contribution in [0, 0.1) is 0 Å². The lowest BCUT2D eigenvalue weighted by Crippen LogP contribution is -2.44. The molecule has 0 spiro atoms. The summed E-state index contributed by atoms with van der Waals surface area (Å²) in [7, 11) is -2.23. The third-order valence-electron chi connectivity index (χ3n) is 9.59. The molecule has 6 nitrogen and oxygen atoms in total. The first-order valence-electron chi connectivity index (χ1n) is 17.6. The van der Waals surface area contributed by atoms with E-state index in [1.807, 2.05) is 66.7 Å². The van der Waals surface area contributed by atoms with E-state index in [0.29, 0.717) is 35.7 Å². The summed E-state index contributed by atoms with van der Waals surface area (Å²) in [6, 6.07) is 33.4. The van der Waals surface area contributed by atoms with Gasteiger partial charge in [0.2, 0.25) is 5.56 Å². The Kier molecular flexibility index (Phi) is 12.2. The second kappa shape index (κ2) is 16.4. The van der Waals surface area contributed by atoms with Crippen LogP contribution < -0.4 is 20.3 Å². The maximum atomic E-state index is 14.5. The fraction of sp³-hybridized carbons (Fsp3) is 0.357. The van der Waals surface area contributed by atoms with Crippen molar-refractivity contribution in [3.8, 4) is 11.5 Å². The Morgan fingerprint density at radius 1 is 0.784 bits per heavy atom. The van der Waals surface area contributed by atoms with Gasteiger partial charge < -0.3 is 24.2 Å². The highest BCUT2D eigenvalue weighted by molar-refractivity contribution is 6.74. The number of halogens is 2. The zero-order valence-electron chi connectivity index (χ0n) is 30.5. The molecule has 0 aliphatic rings. The smallest absolute Gasteiger partial charge is 0.285 e. The molecule has 0 saturated heterocycles. The van der Waals surface area contributed by atoms with Crippen molar-refractivity contribution < 1.29 is 22.7 Å². The van der Waals surface area contributed by atoms with Crippen LogP contribution in [0.25, 0.3) is 10.9 Å². The van der Waals surface area contributed by atoms with E-state index >= 15 is 0 Å². The predicted octanol–water partition coefficient (Wildman–Crippen LogP) is 9.65. The molecule has 9 heteroatoms. The highest BCUT2D eigenvalue weighted by atomic mass is 28.4. The van der Waals surface area contributed by atoms with Crippen LogP contribution in [0.2, 0.25) is 18.1 Å². The van der Waals surface area contributed by atoms with Crippen molar-refractivity contribution in [3.05, 3.63) is 142 Å². The molecule has 0 bridgehead atoms. The number of rotatable bonds is 16. The number of H-pyrrole nitrogens is 1. The van der Waals surface area contributed by atoms with Gasteiger partial charge in [-0.05, 0) is 78.0 Å². The van der Waals surface area contributed by atoms with Crippen LogP contribution in [0.1, 0.15) is 56.1 Å². The van der Waals surface area contributed by atoms with E-state index in [0.717, 1.165) is 28.5 Å². The SMILES string of the molecule is C[C@H](Cc1ccc(OCC(F)(F)Cc2ccccc2)cc1)NC[C@H](O[Si](C)(C)C(C)(C)C)c1ccc(OCc2ccccc2)c2[nH]c(=O)ccc12. The van der Waals surface area contributed by atoms with Gasteiger partial charge >= 0.3 is 0 Å². The molecule has 0 amide bonds. The molecule has 0 fully saturated rings. The van der Waals surface area contributed by atoms with Crippen LogP contribution in [0.5, 0.6) is 11.5 Å². The molecule has 270 valence electrons. The minimum Gasteiger partial charge on any atom is -0.487 e. The molecule has 1 heterocycles.